The SMILES string of the molecule is C=C1c2cc(cc(F)c2C(=O)OC)B2OC(C)(C)C(C)(O2)C(C)[C@@H]1C. The van der Waals surface area contributed by atoms with Crippen LogP contribution < -0.4 is 5.46 Å². The Balaban J connectivity index is 2.27. The van der Waals surface area contributed by atoms with Crippen LogP contribution in [0, 0.1) is 17.7 Å². The lowest BCUT2D eigenvalue weighted by Crippen LogP contribution is -2.51. The Morgan fingerprint density at radius 2 is 1.92 bits per heavy atom. The summed E-state index contributed by atoms with van der Waals surface area (Å²) >= 11 is 0. The molecular weight excluding hydrogens is 322 g/mol. The van der Waals surface area contributed by atoms with Gasteiger partial charge in [-0.3, -0.25) is 0 Å². The van der Waals surface area contributed by atoms with Crippen molar-refractivity contribution in [2.75, 3.05) is 7.11 Å². The predicted octanol–water partition coefficient (Wildman–Crippen LogP) is 3.19. The van der Waals surface area contributed by atoms with Crippen molar-refractivity contribution in [3.63, 3.8) is 0 Å². The van der Waals surface area contributed by atoms with Crippen LogP contribution in [0.25, 0.3) is 5.57 Å². The minimum absolute atomic E-state index is 0.0304. The highest BCUT2D eigenvalue weighted by Crippen LogP contribution is 2.48. The summed E-state index contributed by atoms with van der Waals surface area (Å²) in [4.78, 5) is 12.1. The molecule has 0 saturated carbocycles. The van der Waals surface area contributed by atoms with Crippen molar-refractivity contribution >= 4 is 24.1 Å². The first-order valence-corrected chi connectivity index (χ1v) is 8.50. The average molecular weight is 346 g/mol. The first-order chi connectivity index (χ1) is 11.5. The largest absolute Gasteiger partial charge is 0.494 e. The van der Waals surface area contributed by atoms with E-state index in [0.29, 0.717) is 16.6 Å². The zero-order valence-corrected chi connectivity index (χ0v) is 15.6. The average Bonchev–Trinajstić information content (AvgIpc) is 2.81. The van der Waals surface area contributed by atoms with Crippen LogP contribution in [0.5, 0.6) is 0 Å². The number of benzene rings is 1. The van der Waals surface area contributed by atoms with Gasteiger partial charge in [0.1, 0.15) is 11.4 Å². The third-order valence-electron chi connectivity index (χ3n) is 6.24. The smallest absolute Gasteiger partial charge is 0.465 e. The van der Waals surface area contributed by atoms with E-state index in [4.69, 9.17) is 14.0 Å². The van der Waals surface area contributed by atoms with E-state index >= 15 is 0 Å². The lowest BCUT2D eigenvalue weighted by atomic mass is 9.69. The van der Waals surface area contributed by atoms with Gasteiger partial charge in [0.05, 0.1) is 18.3 Å². The number of carbonyl (C=O) groups excluding carboxylic acids is 1. The minimum atomic E-state index is -0.710. The molecule has 2 unspecified atom stereocenters. The van der Waals surface area contributed by atoms with Crippen LogP contribution >= 0.6 is 0 Å². The van der Waals surface area contributed by atoms with Gasteiger partial charge in [-0.15, -0.1) is 0 Å². The molecule has 3 atom stereocenters. The van der Waals surface area contributed by atoms with Gasteiger partial charge in [0.2, 0.25) is 0 Å². The van der Waals surface area contributed by atoms with Gasteiger partial charge in [-0.2, -0.15) is 0 Å². The van der Waals surface area contributed by atoms with E-state index in [2.05, 4.69) is 13.5 Å². The van der Waals surface area contributed by atoms with Crippen molar-refractivity contribution in [3.8, 4) is 0 Å². The van der Waals surface area contributed by atoms with Gasteiger partial charge < -0.3 is 14.0 Å². The van der Waals surface area contributed by atoms with E-state index < -0.39 is 30.1 Å². The summed E-state index contributed by atoms with van der Waals surface area (Å²) in [6.45, 7) is 14.3. The summed E-state index contributed by atoms with van der Waals surface area (Å²) in [7, 11) is 0.546. The number of fused-ring (bicyclic) bond motifs is 5. The normalized spacial score (nSPS) is 30.5. The van der Waals surface area contributed by atoms with Crippen LogP contribution in [0.4, 0.5) is 4.39 Å². The molecule has 1 saturated heterocycles. The summed E-state index contributed by atoms with van der Waals surface area (Å²) in [6.07, 6.45) is 0. The standard InChI is InChI=1S/C19H24BFO4/c1-10-11(2)14-8-13(9-15(21)16(14)17(22)23-7)20-24-18(4,5)19(6,25-20)12(10)3/h8-10,12H,2H2,1,3-7H3/t10-,12?,19?/m1/s1. The molecule has 1 aromatic rings. The molecule has 1 aromatic carbocycles. The summed E-state index contributed by atoms with van der Waals surface area (Å²) < 4.78 is 32.0. The predicted molar refractivity (Wildman–Crippen MR) is 95.1 cm³/mol. The highest BCUT2D eigenvalue weighted by atomic mass is 19.1. The van der Waals surface area contributed by atoms with Crippen LogP contribution in [0.2, 0.25) is 0 Å². The zero-order valence-electron chi connectivity index (χ0n) is 15.6. The maximum atomic E-state index is 14.8. The number of methoxy groups -OCH3 is 1. The third-order valence-corrected chi connectivity index (χ3v) is 6.24. The molecule has 2 aliphatic rings. The Hall–Kier alpha value is -1.66. The highest BCUT2D eigenvalue weighted by molar-refractivity contribution is 6.62. The van der Waals surface area contributed by atoms with E-state index in [0.717, 1.165) is 0 Å². The van der Waals surface area contributed by atoms with Crippen molar-refractivity contribution in [1.82, 2.24) is 0 Å². The second-order valence-electron chi connectivity index (χ2n) is 7.70. The molecular formula is C19H24BFO4. The van der Waals surface area contributed by atoms with Crippen molar-refractivity contribution < 1.29 is 23.2 Å². The molecule has 134 valence electrons. The molecule has 4 nitrogen and oxygen atoms in total. The number of hydrogen-bond acceptors (Lipinski definition) is 4. The highest BCUT2D eigenvalue weighted by Gasteiger charge is 2.59. The summed E-state index contributed by atoms with van der Waals surface area (Å²) in [6, 6.07) is 3.02. The monoisotopic (exact) mass is 346 g/mol. The number of esters is 1. The van der Waals surface area contributed by atoms with E-state index in [1.165, 1.54) is 13.2 Å². The molecule has 0 N–H and O–H groups in total. The Morgan fingerprint density at radius 1 is 1.28 bits per heavy atom. The minimum Gasteiger partial charge on any atom is -0.465 e. The van der Waals surface area contributed by atoms with Crippen LogP contribution in [0.1, 0.15) is 50.5 Å². The van der Waals surface area contributed by atoms with Crippen molar-refractivity contribution in [1.29, 1.82) is 0 Å². The first kappa shape index (κ1) is 18.1. The van der Waals surface area contributed by atoms with E-state index in [9.17, 15) is 9.18 Å². The van der Waals surface area contributed by atoms with Crippen LogP contribution in [0.15, 0.2) is 18.7 Å². The van der Waals surface area contributed by atoms with Gasteiger partial charge in [0.25, 0.3) is 0 Å². The fraction of sp³-hybridized carbons (Fsp3) is 0.526. The van der Waals surface area contributed by atoms with Crippen molar-refractivity contribution in [3.05, 3.63) is 35.7 Å². The van der Waals surface area contributed by atoms with Gasteiger partial charge in [-0.1, -0.05) is 26.5 Å². The summed E-state index contributed by atoms with van der Waals surface area (Å²) in [5.74, 6) is -1.38. The maximum absolute atomic E-state index is 14.8. The Labute approximate surface area is 148 Å². The molecule has 0 aromatic heterocycles. The van der Waals surface area contributed by atoms with Crippen LogP contribution in [-0.2, 0) is 14.0 Å². The number of halogens is 1. The molecule has 0 spiro atoms. The molecule has 2 heterocycles. The molecule has 25 heavy (non-hydrogen) atoms. The Kier molecular flexibility index (Phi) is 4.12. The molecule has 6 heteroatoms. The first-order valence-electron chi connectivity index (χ1n) is 8.50. The Bertz CT molecular complexity index is 760. The lowest BCUT2D eigenvalue weighted by molar-refractivity contribution is -0.0578. The molecule has 4 bridgehead atoms. The third kappa shape index (κ3) is 2.46. The number of ether oxygens (including phenoxy) is 1. The number of carbonyl (C=O) groups is 1. The molecule has 1 fully saturated rings. The Morgan fingerprint density at radius 3 is 2.52 bits per heavy atom. The van der Waals surface area contributed by atoms with Gasteiger partial charge in [0, 0.05) is 0 Å². The van der Waals surface area contributed by atoms with E-state index in [-0.39, 0.29) is 17.4 Å². The molecule has 3 rings (SSSR count). The fourth-order valence-electron chi connectivity index (χ4n) is 3.92. The zero-order chi connectivity index (χ0) is 18.7. The van der Waals surface area contributed by atoms with E-state index in [1.54, 1.807) is 6.07 Å². The van der Waals surface area contributed by atoms with E-state index in [1.807, 2.05) is 27.7 Å². The van der Waals surface area contributed by atoms with Gasteiger partial charge in [0.15, 0.2) is 0 Å². The summed E-state index contributed by atoms with van der Waals surface area (Å²) in [5, 5.41) is 0. The quantitative estimate of drug-likeness (QED) is 0.579. The lowest BCUT2D eigenvalue weighted by Gasteiger charge is -2.44. The number of allylic oxidation sites excluding steroid dienone is 1. The molecule has 0 amide bonds. The van der Waals surface area contributed by atoms with Gasteiger partial charge in [-0.25, -0.2) is 9.18 Å². The number of hydrogen-bond donors (Lipinski definition) is 0. The van der Waals surface area contributed by atoms with Gasteiger partial charge in [-0.05, 0) is 55.3 Å². The molecule has 0 aliphatic carbocycles. The topological polar surface area (TPSA) is 44.8 Å². The van der Waals surface area contributed by atoms with Crippen molar-refractivity contribution in [2.24, 2.45) is 11.8 Å². The van der Waals surface area contributed by atoms with Crippen LogP contribution in [-0.4, -0.2) is 31.4 Å². The van der Waals surface area contributed by atoms with Crippen LogP contribution in [0.3, 0.4) is 0 Å². The van der Waals surface area contributed by atoms with Gasteiger partial charge >= 0.3 is 13.1 Å². The maximum Gasteiger partial charge on any atom is 0.494 e. The second kappa shape index (κ2) is 5.68. The molecule has 2 aliphatic heterocycles. The summed E-state index contributed by atoms with van der Waals surface area (Å²) in [5.41, 5.74) is 0.469. The molecule has 0 radical (unpaired) electrons. The second-order valence-corrected chi connectivity index (χ2v) is 7.70. The number of rotatable bonds is 1. The fourth-order valence-corrected chi connectivity index (χ4v) is 3.92. The van der Waals surface area contributed by atoms with Crippen molar-refractivity contribution in [2.45, 2.75) is 45.8 Å².